The minimum Gasteiger partial charge on any atom is -0.394 e. The molecule has 0 spiro atoms. The molecular weight excluding hydrogens is 239 g/mol. The lowest BCUT2D eigenvalue weighted by molar-refractivity contribution is 0.0914. The molecule has 0 saturated heterocycles. The van der Waals surface area contributed by atoms with Crippen LogP contribution >= 0.6 is 23.2 Å². The monoisotopic (exact) mass is 250 g/mol. The average Bonchev–Trinajstić information content (AvgIpc) is 2.45. The fourth-order valence-electron chi connectivity index (χ4n) is 1.10. The van der Waals surface area contributed by atoms with E-state index in [1.807, 2.05) is 0 Å². The van der Waals surface area contributed by atoms with Crippen LogP contribution in [-0.4, -0.2) is 28.2 Å². The number of amides is 1. The molecule has 0 saturated carbocycles. The standard InChI is InChI=1S/C9H12Cl2N2O2/c1-5(4-14)12-9(15)7-3-6(10)8(11)13(7)2/h3,5,14H,4H2,1-2H3,(H,12,15). The smallest absolute Gasteiger partial charge is 0.268 e. The molecule has 1 atom stereocenters. The molecule has 0 fully saturated rings. The lowest BCUT2D eigenvalue weighted by Crippen LogP contribution is -2.35. The molecule has 0 radical (unpaired) electrons. The molecular formula is C9H12Cl2N2O2. The zero-order valence-corrected chi connectivity index (χ0v) is 9.93. The van der Waals surface area contributed by atoms with Crippen LogP contribution in [0.2, 0.25) is 10.2 Å². The fraction of sp³-hybridized carbons (Fsp3) is 0.444. The minimum absolute atomic E-state index is 0.113. The van der Waals surface area contributed by atoms with Crippen LogP contribution in [0.15, 0.2) is 6.07 Å². The number of carbonyl (C=O) groups is 1. The lowest BCUT2D eigenvalue weighted by Gasteiger charge is -2.11. The van der Waals surface area contributed by atoms with Gasteiger partial charge in [0, 0.05) is 13.1 Å². The highest BCUT2D eigenvalue weighted by Crippen LogP contribution is 2.24. The third kappa shape index (κ3) is 2.65. The second kappa shape index (κ2) is 4.88. The average molecular weight is 251 g/mol. The summed E-state index contributed by atoms with van der Waals surface area (Å²) in [4.78, 5) is 11.6. The van der Waals surface area contributed by atoms with Crippen molar-refractivity contribution in [1.29, 1.82) is 0 Å². The zero-order chi connectivity index (χ0) is 11.6. The number of carbonyl (C=O) groups excluding carboxylic acids is 1. The Labute approximate surface area is 97.8 Å². The van der Waals surface area contributed by atoms with Crippen LogP contribution in [0.4, 0.5) is 0 Å². The molecule has 0 aliphatic carbocycles. The van der Waals surface area contributed by atoms with E-state index in [4.69, 9.17) is 28.3 Å². The van der Waals surface area contributed by atoms with Gasteiger partial charge in [-0.15, -0.1) is 0 Å². The number of nitrogens with zero attached hydrogens (tertiary/aromatic N) is 1. The third-order valence-electron chi connectivity index (χ3n) is 2.00. The molecule has 2 N–H and O–H groups in total. The summed E-state index contributed by atoms with van der Waals surface area (Å²) in [5.74, 6) is -0.312. The molecule has 1 unspecified atom stereocenters. The number of aliphatic hydroxyl groups is 1. The van der Waals surface area contributed by atoms with E-state index in [9.17, 15) is 4.79 Å². The highest BCUT2D eigenvalue weighted by molar-refractivity contribution is 6.41. The van der Waals surface area contributed by atoms with Gasteiger partial charge in [0.1, 0.15) is 10.8 Å². The van der Waals surface area contributed by atoms with E-state index in [2.05, 4.69) is 5.32 Å². The van der Waals surface area contributed by atoms with E-state index in [0.717, 1.165) is 0 Å². The SMILES string of the molecule is CC(CO)NC(=O)c1cc(Cl)c(Cl)n1C. The van der Waals surface area contributed by atoms with Gasteiger partial charge in [-0.05, 0) is 13.0 Å². The van der Waals surface area contributed by atoms with Gasteiger partial charge in [-0.2, -0.15) is 0 Å². The molecule has 0 aliphatic rings. The predicted octanol–water partition coefficient (Wildman–Crippen LogP) is 1.44. The topological polar surface area (TPSA) is 54.3 Å². The van der Waals surface area contributed by atoms with E-state index in [-0.39, 0.29) is 18.6 Å². The van der Waals surface area contributed by atoms with Crippen molar-refractivity contribution in [3.05, 3.63) is 21.9 Å². The van der Waals surface area contributed by atoms with Crippen molar-refractivity contribution >= 4 is 29.1 Å². The summed E-state index contributed by atoms with van der Waals surface area (Å²) < 4.78 is 1.49. The molecule has 4 nitrogen and oxygen atoms in total. The molecule has 15 heavy (non-hydrogen) atoms. The van der Waals surface area contributed by atoms with Gasteiger partial charge in [0.25, 0.3) is 5.91 Å². The van der Waals surface area contributed by atoms with Gasteiger partial charge in [0.15, 0.2) is 0 Å². The van der Waals surface area contributed by atoms with Gasteiger partial charge in [-0.25, -0.2) is 0 Å². The van der Waals surface area contributed by atoms with Gasteiger partial charge < -0.3 is 15.0 Å². The van der Waals surface area contributed by atoms with E-state index < -0.39 is 0 Å². The van der Waals surface area contributed by atoms with Crippen molar-refractivity contribution in [1.82, 2.24) is 9.88 Å². The summed E-state index contributed by atoms with van der Waals surface area (Å²) in [6.45, 7) is 1.59. The highest BCUT2D eigenvalue weighted by atomic mass is 35.5. The van der Waals surface area contributed by atoms with Gasteiger partial charge in [0.2, 0.25) is 0 Å². The number of hydrogen-bond donors (Lipinski definition) is 2. The summed E-state index contributed by atoms with van der Waals surface area (Å²) in [7, 11) is 1.65. The highest BCUT2D eigenvalue weighted by Gasteiger charge is 2.16. The molecule has 84 valence electrons. The van der Waals surface area contributed by atoms with Crippen LogP contribution in [0.5, 0.6) is 0 Å². The predicted molar refractivity (Wildman–Crippen MR) is 59.4 cm³/mol. The van der Waals surface area contributed by atoms with E-state index in [1.165, 1.54) is 10.6 Å². The number of nitrogens with one attached hydrogen (secondary N) is 1. The first-order valence-electron chi connectivity index (χ1n) is 4.39. The first kappa shape index (κ1) is 12.4. The first-order valence-corrected chi connectivity index (χ1v) is 5.15. The molecule has 1 aromatic heterocycles. The normalized spacial score (nSPS) is 12.6. The Morgan fingerprint density at radius 2 is 2.27 bits per heavy atom. The van der Waals surface area contributed by atoms with Crippen molar-refractivity contribution in [2.45, 2.75) is 13.0 Å². The van der Waals surface area contributed by atoms with Crippen molar-refractivity contribution < 1.29 is 9.90 Å². The van der Waals surface area contributed by atoms with Gasteiger partial charge >= 0.3 is 0 Å². The van der Waals surface area contributed by atoms with Crippen LogP contribution in [0.1, 0.15) is 17.4 Å². The Morgan fingerprint density at radius 1 is 1.67 bits per heavy atom. The summed E-state index contributed by atoms with van der Waals surface area (Å²) in [6, 6.07) is 1.19. The molecule has 1 heterocycles. The van der Waals surface area contributed by atoms with Crippen LogP contribution in [0.25, 0.3) is 0 Å². The Bertz CT molecular complexity index is 376. The molecule has 0 aromatic carbocycles. The Morgan fingerprint density at radius 3 is 2.67 bits per heavy atom. The molecule has 1 rings (SSSR count). The lowest BCUT2D eigenvalue weighted by atomic mass is 10.3. The summed E-state index contributed by atoms with van der Waals surface area (Å²) in [5.41, 5.74) is 0.366. The fourth-order valence-corrected chi connectivity index (χ4v) is 1.48. The van der Waals surface area contributed by atoms with E-state index >= 15 is 0 Å². The van der Waals surface area contributed by atoms with Crippen molar-refractivity contribution in [3.63, 3.8) is 0 Å². The second-order valence-corrected chi connectivity index (χ2v) is 4.05. The summed E-state index contributed by atoms with van der Waals surface area (Å²) in [5, 5.41) is 12.0. The quantitative estimate of drug-likeness (QED) is 0.854. The molecule has 0 bridgehead atoms. The van der Waals surface area contributed by atoms with E-state index in [1.54, 1.807) is 14.0 Å². The summed E-state index contributed by atoms with van der Waals surface area (Å²) in [6.07, 6.45) is 0. The number of aromatic nitrogens is 1. The maximum atomic E-state index is 11.6. The van der Waals surface area contributed by atoms with Crippen molar-refractivity contribution in [2.24, 2.45) is 7.05 Å². The molecule has 0 aliphatic heterocycles. The number of hydrogen-bond acceptors (Lipinski definition) is 2. The maximum absolute atomic E-state index is 11.6. The van der Waals surface area contributed by atoms with Crippen molar-refractivity contribution in [2.75, 3.05) is 6.61 Å². The van der Waals surface area contributed by atoms with Crippen molar-refractivity contribution in [3.8, 4) is 0 Å². The largest absolute Gasteiger partial charge is 0.394 e. The van der Waals surface area contributed by atoms with Gasteiger partial charge in [0.05, 0.1) is 11.6 Å². The van der Waals surface area contributed by atoms with E-state index in [0.29, 0.717) is 15.9 Å². The first-order chi connectivity index (χ1) is 6.97. The molecule has 1 amide bonds. The minimum atomic E-state index is -0.312. The number of rotatable bonds is 3. The number of aliphatic hydroxyl groups excluding tert-OH is 1. The second-order valence-electron chi connectivity index (χ2n) is 3.28. The van der Waals surface area contributed by atoms with Crippen LogP contribution in [0, 0.1) is 0 Å². The Hall–Kier alpha value is -0.710. The molecule has 6 heteroatoms. The van der Waals surface area contributed by atoms with Crippen LogP contribution in [0.3, 0.4) is 0 Å². The van der Waals surface area contributed by atoms with Gasteiger partial charge in [-0.3, -0.25) is 4.79 Å². The number of halogens is 2. The summed E-state index contributed by atoms with van der Waals surface area (Å²) >= 11 is 11.6. The zero-order valence-electron chi connectivity index (χ0n) is 8.42. The maximum Gasteiger partial charge on any atom is 0.268 e. The van der Waals surface area contributed by atoms with Crippen LogP contribution < -0.4 is 5.32 Å². The Kier molecular flexibility index (Phi) is 4.02. The third-order valence-corrected chi connectivity index (χ3v) is 2.84. The molecule has 1 aromatic rings. The van der Waals surface area contributed by atoms with Crippen LogP contribution in [-0.2, 0) is 7.05 Å². The Balaban J connectivity index is 2.87. The van der Waals surface area contributed by atoms with Gasteiger partial charge in [-0.1, -0.05) is 23.2 Å².